The van der Waals surface area contributed by atoms with E-state index in [9.17, 15) is 5.26 Å². The van der Waals surface area contributed by atoms with Crippen LogP contribution in [0.4, 0.5) is 0 Å². The summed E-state index contributed by atoms with van der Waals surface area (Å²) in [5.74, 6) is 0. The number of fused-ring (bicyclic) bond motifs is 6. The van der Waals surface area contributed by atoms with Crippen LogP contribution in [-0.4, -0.2) is 4.57 Å². The maximum atomic E-state index is 9.42. The molecule has 0 atom stereocenters. The summed E-state index contributed by atoms with van der Waals surface area (Å²) < 4.78 is 4.90. The lowest BCUT2D eigenvalue weighted by Crippen LogP contribution is -1.94. The van der Waals surface area contributed by atoms with Gasteiger partial charge in [-0.15, -0.1) is 11.3 Å². The Morgan fingerprint density at radius 2 is 1.26 bits per heavy atom. The minimum absolute atomic E-state index is 0.663. The molecule has 2 heterocycles. The van der Waals surface area contributed by atoms with Crippen LogP contribution in [0.15, 0.2) is 109 Å². The van der Waals surface area contributed by atoms with Gasteiger partial charge in [-0.1, -0.05) is 54.6 Å². The molecule has 0 bridgehead atoms. The van der Waals surface area contributed by atoms with Gasteiger partial charge in [-0.05, 0) is 65.7 Å². The number of nitrogens with zero attached hydrogens (tertiary/aromatic N) is 2. The molecule has 2 nitrogen and oxygen atoms in total. The molecule has 0 saturated carbocycles. The van der Waals surface area contributed by atoms with Gasteiger partial charge in [0.05, 0.1) is 22.7 Å². The Bertz CT molecular complexity index is 1930. The van der Waals surface area contributed by atoms with E-state index in [1.807, 2.05) is 29.5 Å². The van der Waals surface area contributed by atoms with Crippen LogP contribution in [-0.2, 0) is 0 Å². The van der Waals surface area contributed by atoms with Crippen molar-refractivity contribution in [3.63, 3.8) is 0 Å². The van der Waals surface area contributed by atoms with Gasteiger partial charge in [0.2, 0.25) is 0 Å². The molecule has 0 unspecified atom stereocenters. The third-order valence-corrected chi connectivity index (χ3v) is 7.77. The summed E-state index contributed by atoms with van der Waals surface area (Å²) in [7, 11) is 0. The molecule has 0 aliphatic heterocycles. The van der Waals surface area contributed by atoms with E-state index in [1.165, 1.54) is 42.1 Å². The third-order valence-electron chi connectivity index (χ3n) is 6.62. The molecule has 0 amide bonds. The second kappa shape index (κ2) is 7.31. The fourth-order valence-electron chi connectivity index (χ4n) is 5.05. The highest BCUT2D eigenvalue weighted by molar-refractivity contribution is 7.25. The molecule has 7 aromatic rings. The Labute approximate surface area is 200 Å². The molecule has 2 aromatic heterocycles. The minimum atomic E-state index is 0.663. The lowest BCUT2D eigenvalue weighted by atomic mass is 10.0. The number of thiophene rings is 1. The molecule has 0 fully saturated rings. The molecule has 158 valence electrons. The summed E-state index contributed by atoms with van der Waals surface area (Å²) in [5, 5.41) is 14.5. The Kier molecular flexibility index (Phi) is 4.11. The molecular formula is C31H18N2S. The summed E-state index contributed by atoms with van der Waals surface area (Å²) in [6, 6.07) is 40.7. The van der Waals surface area contributed by atoms with E-state index < -0.39 is 0 Å². The van der Waals surface area contributed by atoms with Gasteiger partial charge >= 0.3 is 0 Å². The molecule has 34 heavy (non-hydrogen) atoms. The van der Waals surface area contributed by atoms with Gasteiger partial charge in [0, 0.05) is 36.6 Å². The minimum Gasteiger partial charge on any atom is -0.309 e. The average molecular weight is 451 g/mol. The van der Waals surface area contributed by atoms with Crippen molar-refractivity contribution in [2.24, 2.45) is 0 Å². The second-order valence-corrected chi connectivity index (χ2v) is 9.64. The Morgan fingerprint density at radius 3 is 2.15 bits per heavy atom. The highest BCUT2D eigenvalue weighted by Crippen LogP contribution is 2.38. The first-order valence-corrected chi connectivity index (χ1v) is 12.1. The molecule has 0 spiro atoms. The molecule has 7 rings (SSSR count). The fourth-order valence-corrected chi connectivity index (χ4v) is 6.14. The highest BCUT2D eigenvalue weighted by atomic mass is 32.1. The van der Waals surface area contributed by atoms with Gasteiger partial charge < -0.3 is 4.57 Å². The van der Waals surface area contributed by atoms with Crippen molar-refractivity contribution in [2.75, 3.05) is 0 Å². The zero-order valence-corrected chi connectivity index (χ0v) is 19.0. The molecule has 0 saturated heterocycles. The summed E-state index contributed by atoms with van der Waals surface area (Å²) in [5.41, 5.74) is 6.38. The average Bonchev–Trinajstić information content (AvgIpc) is 3.43. The first kappa shape index (κ1) is 19.1. The summed E-state index contributed by atoms with van der Waals surface area (Å²) in [6.07, 6.45) is 0. The van der Waals surface area contributed by atoms with Crippen molar-refractivity contribution in [3.05, 3.63) is 115 Å². The van der Waals surface area contributed by atoms with E-state index in [1.54, 1.807) is 0 Å². The zero-order valence-electron chi connectivity index (χ0n) is 18.2. The number of rotatable bonds is 2. The van der Waals surface area contributed by atoms with Crippen LogP contribution in [0.2, 0.25) is 0 Å². The monoisotopic (exact) mass is 450 g/mol. The number of hydrogen-bond acceptors (Lipinski definition) is 2. The number of aromatic nitrogens is 1. The first-order chi connectivity index (χ1) is 16.8. The van der Waals surface area contributed by atoms with Crippen LogP contribution in [0.5, 0.6) is 0 Å². The molecule has 3 heteroatoms. The lowest BCUT2D eigenvalue weighted by molar-refractivity contribution is 1.18. The van der Waals surface area contributed by atoms with Crippen molar-refractivity contribution >= 4 is 53.3 Å². The Morgan fingerprint density at radius 1 is 0.559 bits per heavy atom. The molecule has 0 aliphatic rings. The van der Waals surface area contributed by atoms with E-state index in [0.29, 0.717) is 5.56 Å². The largest absolute Gasteiger partial charge is 0.309 e. The second-order valence-electron chi connectivity index (χ2n) is 8.56. The van der Waals surface area contributed by atoms with Crippen LogP contribution < -0.4 is 0 Å². The van der Waals surface area contributed by atoms with Crippen LogP contribution in [0, 0.1) is 11.3 Å². The first-order valence-electron chi connectivity index (χ1n) is 11.3. The lowest BCUT2D eigenvalue weighted by Gasteiger charge is -2.09. The molecule has 0 aliphatic carbocycles. The van der Waals surface area contributed by atoms with Crippen molar-refractivity contribution < 1.29 is 0 Å². The van der Waals surface area contributed by atoms with Crippen molar-refractivity contribution in [3.8, 4) is 22.9 Å². The molecule has 0 radical (unpaired) electrons. The SMILES string of the molecule is N#Cc1cccc(-n2c3ccccc3c3cc(-c4ccc5sc6ccccc6c5c4)ccc32)c1. The smallest absolute Gasteiger partial charge is 0.0992 e. The van der Waals surface area contributed by atoms with E-state index >= 15 is 0 Å². The van der Waals surface area contributed by atoms with Gasteiger partial charge in [-0.3, -0.25) is 0 Å². The maximum Gasteiger partial charge on any atom is 0.0992 e. The topological polar surface area (TPSA) is 28.7 Å². The Balaban J connectivity index is 1.47. The van der Waals surface area contributed by atoms with E-state index in [-0.39, 0.29) is 0 Å². The summed E-state index contributed by atoms with van der Waals surface area (Å²) in [4.78, 5) is 0. The van der Waals surface area contributed by atoms with Gasteiger partial charge in [-0.25, -0.2) is 0 Å². The van der Waals surface area contributed by atoms with Crippen LogP contribution in [0.1, 0.15) is 5.56 Å². The summed E-state index contributed by atoms with van der Waals surface area (Å²) >= 11 is 1.85. The van der Waals surface area contributed by atoms with E-state index in [4.69, 9.17) is 0 Å². The van der Waals surface area contributed by atoms with Gasteiger partial charge in [0.1, 0.15) is 0 Å². The maximum absolute atomic E-state index is 9.42. The highest BCUT2D eigenvalue weighted by Gasteiger charge is 2.14. The number of benzene rings is 5. The third kappa shape index (κ3) is 2.80. The number of para-hydroxylation sites is 1. The van der Waals surface area contributed by atoms with E-state index in [0.717, 1.165) is 16.7 Å². The standard InChI is InChI=1S/C31H18N2S/c32-19-20-6-5-7-23(16-20)33-28-10-3-1-8-24(28)26-17-21(12-14-29(26)33)22-13-15-31-27(18-22)25-9-2-4-11-30(25)34-31/h1-18H. The molecule has 5 aromatic carbocycles. The fraction of sp³-hybridized carbons (Fsp3) is 0. The molecule has 0 N–H and O–H groups in total. The van der Waals surface area contributed by atoms with Gasteiger partial charge in [-0.2, -0.15) is 5.26 Å². The van der Waals surface area contributed by atoms with Crippen LogP contribution in [0.25, 0.3) is 58.8 Å². The molecular weight excluding hydrogens is 432 g/mol. The van der Waals surface area contributed by atoms with Crippen molar-refractivity contribution in [1.82, 2.24) is 4.57 Å². The van der Waals surface area contributed by atoms with Crippen LogP contribution in [0.3, 0.4) is 0 Å². The van der Waals surface area contributed by atoms with Crippen molar-refractivity contribution in [1.29, 1.82) is 5.26 Å². The van der Waals surface area contributed by atoms with Crippen LogP contribution >= 0.6 is 11.3 Å². The van der Waals surface area contributed by atoms with Gasteiger partial charge in [0.15, 0.2) is 0 Å². The number of hydrogen-bond donors (Lipinski definition) is 0. The predicted molar refractivity (Wildman–Crippen MR) is 144 cm³/mol. The quantitative estimate of drug-likeness (QED) is 0.259. The van der Waals surface area contributed by atoms with Crippen molar-refractivity contribution in [2.45, 2.75) is 0 Å². The summed E-state index contributed by atoms with van der Waals surface area (Å²) in [6.45, 7) is 0. The van der Waals surface area contributed by atoms with Gasteiger partial charge in [0.25, 0.3) is 0 Å². The normalized spacial score (nSPS) is 11.5. The predicted octanol–water partition coefficient (Wildman–Crippen LogP) is 8.69. The zero-order chi connectivity index (χ0) is 22.6. The number of nitriles is 1. The Hall–Kier alpha value is -4.39. The van der Waals surface area contributed by atoms with E-state index in [2.05, 4.69) is 102 Å².